The molecule has 9 rings (SSSR count). The molecule has 9 aromatic rings. The number of benzene rings is 8. The first-order valence-electron chi connectivity index (χ1n) is 16.4. The lowest BCUT2D eigenvalue weighted by Crippen LogP contribution is -2.10. The number of anilines is 3. The second-order valence-electron chi connectivity index (χ2n) is 12.2. The van der Waals surface area contributed by atoms with Crippen LogP contribution in [0.25, 0.3) is 60.5 Å². The number of hydrogen-bond acceptors (Lipinski definition) is 1. The monoisotopic (exact) mass is 612 g/mol. The normalized spacial score (nSPS) is 11.3. The molecule has 8 aromatic carbocycles. The highest BCUT2D eigenvalue weighted by Gasteiger charge is 2.16. The van der Waals surface area contributed by atoms with Crippen LogP contribution in [0.3, 0.4) is 0 Å². The summed E-state index contributed by atoms with van der Waals surface area (Å²) in [5, 5.41) is 5.04. The summed E-state index contributed by atoms with van der Waals surface area (Å²) in [5.41, 5.74) is 11.8. The molecule has 2 heteroatoms. The Balaban J connectivity index is 1.13. The van der Waals surface area contributed by atoms with Crippen LogP contribution in [0.4, 0.5) is 17.1 Å². The molecule has 0 aliphatic rings. The van der Waals surface area contributed by atoms with Crippen molar-refractivity contribution in [3.05, 3.63) is 194 Å². The smallest absolute Gasteiger partial charge is 0.0547 e. The molecule has 48 heavy (non-hydrogen) atoms. The van der Waals surface area contributed by atoms with Crippen LogP contribution in [0.5, 0.6) is 0 Å². The third kappa shape index (κ3) is 4.83. The molecule has 1 aromatic heterocycles. The van der Waals surface area contributed by atoms with Crippen molar-refractivity contribution in [3.63, 3.8) is 0 Å². The third-order valence-corrected chi connectivity index (χ3v) is 9.37. The Morgan fingerprint density at radius 2 is 0.833 bits per heavy atom. The minimum atomic E-state index is 1.11. The Morgan fingerprint density at radius 3 is 1.52 bits per heavy atom. The second-order valence-corrected chi connectivity index (χ2v) is 12.2. The van der Waals surface area contributed by atoms with Gasteiger partial charge in [0, 0.05) is 33.5 Å². The van der Waals surface area contributed by atoms with Crippen LogP contribution in [0.2, 0.25) is 0 Å². The van der Waals surface area contributed by atoms with E-state index < -0.39 is 0 Å². The van der Waals surface area contributed by atoms with Crippen molar-refractivity contribution in [1.82, 2.24) is 4.57 Å². The molecule has 2 nitrogen and oxygen atoms in total. The molecule has 0 fully saturated rings. The summed E-state index contributed by atoms with van der Waals surface area (Å²) in [6.45, 7) is 0. The highest BCUT2D eigenvalue weighted by molar-refractivity contribution is 6.13. The van der Waals surface area contributed by atoms with E-state index in [1.54, 1.807) is 0 Å². The van der Waals surface area contributed by atoms with Crippen molar-refractivity contribution in [2.45, 2.75) is 0 Å². The van der Waals surface area contributed by atoms with Crippen LogP contribution in [0, 0.1) is 0 Å². The van der Waals surface area contributed by atoms with E-state index in [2.05, 4.69) is 204 Å². The van der Waals surface area contributed by atoms with Crippen LogP contribution in [-0.4, -0.2) is 4.57 Å². The third-order valence-electron chi connectivity index (χ3n) is 9.37. The zero-order valence-electron chi connectivity index (χ0n) is 26.4. The number of aromatic nitrogens is 1. The number of para-hydroxylation sites is 2. The van der Waals surface area contributed by atoms with Crippen LogP contribution >= 0.6 is 0 Å². The number of nitrogens with zero attached hydrogens (tertiary/aromatic N) is 2. The molecule has 0 radical (unpaired) electrons. The van der Waals surface area contributed by atoms with E-state index in [1.807, 2.05) is 0 Å². The summed E-state index contributed by atoms with van der Waals surface area (Å²) in [6.07, 6.45) is 0. The quantitative estimate of drug-likeness (QED) is 0.181. The first-order valence-corrected chi connectivity index (χ1v) is 16.4. The maximum Gasteiger partial charge on any atom is 0.0547 e. The molecule has 0 aliphatic carbocycles. The summed E-state index contributed by atoms with van der Waals surface area (Å²) >= 11 is 0. The standard InChI is InChI=1S/C46H32N2/c1-3-13-33(14-4-1)41-19-9-10-20-42(41)34-23-25-38(26-24-34)47(37-17-5-2-6-18-37)39-27-29-40(30-28-39)48-45-22-12-11-21-43(45)44-31-35-15-7-8-16-36(35)32-46(44)48/h1-32H. The van der Waals surface area contributed by atoms with Crippen molar-refractivity contribution >= 4 is 49.6 Å². The van der Waals surface area contributed by atoms with Gasteiger partial charge in [0.15, 0.2) is 0 Å². The second kappa shape index (κ2) is 11.8. The summed E-state index contributed by atoms with van der Waals surface area (Å²) in [4.78, 5) is 2.33. The van der Waals surface area contributed by atoms with Crippen LogP contribution < -0.4 is 4.90 Å². The topological polar surface area (TPSA) is 8.17 Å². The maximum absolute atomic E-state index is 2.40. The molecule has 0 amide bonds. The average Bonchev–Trinajstić information content (AvgIpc) is 3.48. The van der Waals surface area contributed by atoms with Gasteiger partial charge < -0.3 is 9.47 Å². The molecule has 0 saturated carbocycles. The van der Waals surface area contributed by atoms with E-state index in [0.717, 1.165) is 22.7 Å². The number of hydrogen-bond donors (Lipinski definition) is 0. The lowest BCUT2D eigenvalue weighted by molar-refractivity contribution is 1.17. The Hall–Kier alpha value is -6.38. The van der Waals surface area contributed by atoms with Crippen molar-refractivity contribution in [2.75, 3.05) is 4.90 Å². The summed E-state index contributed by atoms with van der Waals surface area (Å²) in [7, 11) is 0. The Bertz CT molecular complexity index is 2530. The summed E-state index contributed by atoms with van der Waals surface area (Å²) in [6, 6.07) is 69.8. The molecule has 0 atom stereocenters. The molecular weight excluding hydrogens is 581 g/mol. The first-order chi connectivity index (χ1) is 23.8. The number of fused-ring (bicyclic) bond motifs is 4. The van der Waals surface area contributed by atoms with E-state index in [1.165, 1.54) is 54.8 Å². The highest BCUT2D eigenvalue weighted by atomic mass is 15.1. The molecule has 0 saturated heterocycles. The van der Waals surface area contributed by atoms with Gasteiger partial charge in [0.25, 0.3) is 0 Å². The minimum absolute atomic E-state index is 1.11. The molecular formula is C46H32N2. The van der Waals surface area contributed by atoms with E-state index in [9.17, 15) is 0 Å². The van der Waals surface area contributed by atoms with Crippen molar-refractivity contribution in [1.29, 1.82) is 0 Å². The van der Waals surface area contributed by atoms with Gasteiger partial charge in [-0.05, 0) is 99.8 Å². The predicted molar refractivity (Wildman–Crippen MR) is 204 cm³/mol. The van der Waals surface area contributed by atoms with Gasteiger partial charge in [-0.2, -0.15) is 0 Å². The predicted octanol–water partition coefficient (Wildman–Crippen LogP) is 12.7. The molecule has 0 N–H and O–H groups in total. The van der Waals surface area contributed by atoms with E-state index >= 15 is 0 Å². The fourth-order valence-electron chi connectivity index (χ4n) is 7.10. The molecule has 226 valence electrons. The highest BCUT2D eigenvalue weighted by Crippen LogP contribution is 2.39. The molecule has 0 aliphatic heterocycles. The summed E-state index contributed by atoms with van der Waals surface area (Å²) in [5.74, 6) is 0. The van der Waals surface area contributed by atoms with Gasteiger partial charge in [-0.1, -0.05) is 127 Å². The Kier molecular flexibility index (Phi) is 6.84. The lowest BCUT2D eigenvalue weighted by atomic mass is 9.94. The largest absolute Gasteiger partial charge is 0.311 e. The summed E-state index contributed by atoms with van der Waals surface area (Å²) < 4.78 is 2.40. The van der Waals surface area contributed by atoms with E-state index in [0.29, 0.717) is 0 Å². The van der Waals surface area contributed by atoms with Crippen molar-refractivity contribution in [3.8, 4) is 27.9 Å². The SMILES string of the molecule is c1ccc(-c2ccccc2-c2ccc(N(c3ccccc3)c3ccc(-n4c5ccccc5c5cc6ccccc6cc54)cc3)cc2)cc1. The van der Waals surface area contributed by atoms with Gasteiger partial charge in [-0.15, -0.1) is 0 Å². The Labute approximate surface area is 280 Å². The fraction of sp³-hybridized carbons (Fsp3) is 0. The molecule has 0 unspecified atom stereocenters. The van der Waals surface area contributed by atoms with Gasteiger partial charge in [0.2, 0.25) is 0 Å². The maximum atomic E-state index is 2.40. The van der Waals surface area contributed by atoms with Gasteiger partial charge in [-0.3, -0.25) is 0 Å². The van der Waals surface area contributed by atoms with E-state index in [4.69, 9.17) is 0 Å². The first kappa shape index (κ1) is 27.9. The van der Waals surface area contributed by atoms with Gasteiger partial charge in [-0.25, -0.2) is 0 Å². The van der Waals surface area contributed by atoms with Gasteiger partial charge in [0.1, 0.15) is 0 Å². The lowest BCUT2D eigenvalue weighted by Gasteiger charge is -2.26. The number of rotatable bonds is 6. The van der Waals surface area contributed by atoms with Gasteiger partial charge in [0.05, 0.1) is 11.0 Å². The van der Waals surface area contributed by atoms with E-state index in [-0.39, 0.29) is 0 Å². The molecule has 0 spiro atoms. The zero-order valence-corrected chi connectivity index (χ0v) is 26.4. The zero-order chi connectivity index (χ0) is 31.9. The molecule has 1 heterocycles. The fourth-order valence-corrected chi connectivity index (χ4v) is 7.10. The Morgan fingerprint density at radius 1 is 0.333 bits per heavy atom. The van der Waals surface area contributed by atoms with Crippen LogP contribution in [-0.2, 0) is 0 Å². The van der Waals surface area contributed by atoms with Crippen LogP contribution in [0.15, 0.2) is 194 Å². The van der Waals surface area contributed by atoms with Crippen LogP contribution in [0.1, 0.15) is 0 Å². The van der Waals surface area contributed by atoms with Crippen molar-refractivity contribution in [2.24, 2.45) is 0 Å². The van der Waals surface area contributed by atoms with Crippen molar-refractivity contribution < 1.29 is 0 Å². The minimum Gasteiger partial charge on any atom is -0.311 e. The van der Waals surface area contributed by atoms with Gasteiger partial charge >= 0.3 is 0 Å². The average molecular weight is 613 g/mol. The molecule has 0 bridgehead atoms.